The lowest BCUT2D eigenvalue weighted by Gasteiger charge is -2.07. The zero-order chi connectivity index (χ0) is 19.6. The molecule has 3 aromatic rings. The quantitative estimate of drug-likeness (QED) is 0.568. The second-order valence-corrected chi connectivity index (χ2v) is 9.44. The summed E-state index contributed by atoms with van der Waals surface area (Å²) in [4.78, 5) is 16.3. The molecule has 1 aromatic heterocycles. The molecule has 1 amide bonds. The van der Waals surface area contributed by atoms with Crippen LogP contribution < -0.4 is 5.32 Å². The Hall–Kier alpha value is -1.64. The highest BCUT2D eigenvalue weighted by Crippen LogP contribution is 2.30. The Balaban J connectivity index is 1.72. The van der Waals surface area contributed by atoms with Crippen molar-refractivity contribution in [3.63, 3.8) is 0 Å². The highest BCUT2D eigenvalue weighted by atomic mass is 35.5. The van der Waals surface area contributed by atoms with E-state index >= 15 is 0 Å². The van der Waals surface area contributed by atoms with Gasteiger partial charge in [0, 0.05) is 16.0 Å². The first-order valence-electron chi connectivity index (χ1n) is 7.44. The number of nitrogens with one attached hydrogen (secondary N) is 1. The third kappa shape index (κ3) is 4.80. The number of sulfone groups is 1. The van der Waals surface area contributed by atoms with Gasteiger partial charge in [0.15, 0.2) is 15.0 Å². The van der Waals surface area contributed by atoms with Crippen molar-refractivity contribution in [2.75, 3.05) is 11.1 Å². The van der Waals surface area contributed by atoms with Gasteiger partial charge in [-0.2, -0.15) is 0 Å². The molecule has 0 aliphatic rings. The Bertz CT molecular complexity index is 1100. The molecule has 2 aromatic carbocycles. The summed E-state index contributed by atoms with van der Waals surface area (Å²) in [5.74, 6) is -1.49. The summed E-state index contributed by atoms with van der Waals surface area (Å²) in [6, 6.07) is 11.3. The molecule has 1 N–H and O–H groups in total. The van der Waals surface area contributed by atoms with Gasteiger partial charge in [-0.05, 0) is 24.3 Å². The number of anilines is 1. The lowest BCUT2D eigenvalue weighted by atomic mass is 10.2. The lowest BCUT2D eigenvalue weighted by molar-refractivity contribution is -0.113. The van der Waals surface area contributed by atoms with Crippen LogP contribution >= 0.6 is 46.1 Å². The van der Waals surface area contributed by atoms with E-state index in [4.69, 9.17) is 34.8 Å². The van der Waals surface area contributed by atoms with Gasteiger partial charge in [0.25, 0.3) is 0 Å². The van der Waals surface area contributed by atoms with E-state index < -0.39 is 21.5 Å². The number of thiazole rings is 1. The summed E-state index contributed by atoms with van der Waals surface area (Å²) in [5, 5.41) is 5.13. The van der Waals surface area contributed by atoms with Gasteiger partial charge < -0.3 is 5.32 Å². The van der Waals surface area contributed by atoms with Crippen molar-refractivity contribution in [3.05, 3.63) is 62.9 Å². The predicted octanol–water partition coefficient (Wildman–Crippen LogP) is 5.18. The first-order chi connectivity index (χ1) is 12.8. The molecule has 0 radical (unpaired) electrons. The van der Waals surface area contributed by atoms with Gasteiger partial charge in [0.1, 0.15) is 5.75 Å². The van der Waals surface area contributed by atoms with Crippen molar-refractivity contribution in [3.8, 4) is 11.3 Å². The Kier molecular flexibility index (Phi) is 6.08. The molecule has 0 bridgehead atoms. The predicted molar refractivity (Wildman–Crippen MR) is 110 cm³/mol. The Morgan fingerprint density at radius 3 is 2.48 bits per heavy atom. The molecule has 0 unspecified atom stereocenters. The maximum absolute atomic E-state index is 12.4. The molecular weight excluding hydrogens is 451 g/mol. The number of halogens is 3. The van der Waals surface area contributed by atoms with Crippen LogP contribution in [0, 0.1) is 0 Å². The van der Waals surface area contributed by atoms with Gasteiger partial charge >= 0.3 is 0 Å². The van der Waals surface area contributed by atoms with Crippen LogP contribution in [0.5, 0.6) is 0 Å². The van der Waals surface area contributed by atoms with Gasteiger partial charge in [-0.25, -0.2) is 13.4 Å². The van der Waals surface area contributed by atoms with Gasteiger partial charge in [-0.3, -0.25) is 4.79 Å². The summed E-state index contributed by atoms with van der Waals surface area (Å²) in [5.41, 5.74) is 1.47. The van der Waals surface area contributed by atoms with Crippen molar-refractivity contribution >= 4 is 67.0 Å². The molecule has 10 heteroatoms. The largest absolute Gasteiger partial charge is 0.301 e. The van der Waals surface area contributed by atoms with Crippen molar-refractivity contribution in [2.45, 2.75) is 4.90 Å². The summed E-state index contributed by atoms with van der Waals surface area (Å²) in [6.45, 7) is 0. The van der Waals surface area contributed by atoms with E-state index in [1.807, 2.05) is 0 Å². The van der Waals surface area contributed by atoms with E-state index in [-0.39, 0.29) is 20.1 Å². The highest BCUT2D eigenvalue weighted by Gasteiger charge is 2.23. The summed E-state index contributed by atoms with van der Waals surface area (Å²) in [6.07, 6.45) is 0. The maximum atomic E-state index is 12.4. The highest BCUT2D eigenvalue weighted by molar-refractivity contribution is 7.92. The SMILES string of the molecule is O=C(CS(=O)(=O)c1cccc(Cl)c1Cl)Nc1nc(-c2ccc(Cl)cc2)cs1. The second-order valence-electron chi connectivity index (χ2n) is 5.40. The minimum atomic E-state index is -3.95. The average molecular weight is 462 g/mol. The summed E-state index contributed by atoms with van der Waals surface area (Å²) >= 11 is 18.8. The number of aromatic nitrogens is 1. The molecule has 0 atom stereocenters. The fourth-order valence-electron chi connectivity index (χ4n) is 2.21. The minimum Gasteiger partial charge on any atom is -0.301 e. The topological polar surface area (TPSA) is 76.1 Å². The standard InChI is InChI=1S/C17H11Cl3N2O3S2/c18-11-6-4-10(5-7-11)13-8-26-17(21-13)22-15(23)9-27(24,25)14-3-1-2-12(19)16(14)20/h1-8H,9H2,(H,21,22,23). The Morgan fingerprint density at radius 1 is 1.07 bits per heavy atom. The molecule has 140 valence electrons. The smallest absolute Gasteiger partial charge is 0.241 e. The van der Waals surface area contributed by atoms with Crippen molar-refractivity contribution < 1.29 is 13.2 Å². The third-order valence-corrected chi connectivity index (χ3v) is 7.06. The molecule has 0 fully saturated rings. The fraction of sp³-hybridized carbons (Fsp3) is 0.0588. The molecule has 0 spiro atoms. The van der Waals surface area contributed by atoms with Gasteiger partial charge in [0.05, 0.1) is 20.6 Å². The number of benzene rings is 2. The van der Waals surface area contributed by atoms with Gasteiger partial charge in [0.2, 0.25) is 5.91 Å². The average Bonchev–Trinajstić information content (AvgIpc) is 3.05. The Morgan fingerprint density at radius 2 is 1.78 bits per heavy atom. The molecule has 0 saturated heterocycles. The number of hydrogen-bond acceptors (Lipinski definition) is 5. The molecule has 27 heavy (non-hydrogen) atoms. The lowest BCUT2D eigenvalue weighted by Crippen LogP contribution is -2.23. The normalized spacial score (nSPS) is 11.4. The first kappa shape index (κ1) is 20.1. The van der Waals surface area contributed by atoms with Crippen LogP contribution in [0.25, 0.3) is 11.3 Å². The molecule has 0 aliphatic heterocycles. The van der Waals surface area contributed by atoms with E-state index in [1.165, 1.54) is 29.5 Å². The van der Waals surface area contributed by atoms with Crippen LogP contribution in [0.1, 0.15) is 0 Å². The summed E-state index contributed by atoms with van der Waals surface area (Å²) < 4.78 is 24.9. The summed E-state index contributed by atoms with van der Waals surface area (Å²) in [7, 11) is -3.95. The van der Waals surface area contributed by atoms with E-state index in [0.717, 1.165) is 5.56 Å². The van der Waals surface area contributed by atoms with Crippen LogP contribution in [0.2, 0.25) is 15.1 Å². The minimum absolute atomic E-state index is 0.102. The Labute approximate surface area is 174 Å². The molecular formula is C17H11Cl3N2O3S2. The zero-order valence-corrected chi connectivity index (χ0v) is 17.3. The number of amides is 1. The van der Waals surface area contributed by atoms with Crippen LogP contribution in [0.15, 0.2) is 52.7 Å². The maximum Gasteiger partial charge on any atom is 0.241 e. The molecule has 0 saturated carbocycles. The van der Waals surface area contributed by atoms with Crippen LogP contribution in [-0.4, -0.2) is 25.1 Å². The van der Waals surface area contributed by atoms with Crippen LogP contribution in [0.3, 0.4) is 0 Å². The third-order valence-electron chi connectivity index (χ3n) is 3.46. The van der Waals surface area contributed by atoms with Crippen molar-refractivity contribution in [1.82, 2.24) is 4.98 Å². The fourth-order valence-corrected chi connectivity index (χ4v) is 5.03. The van der Waals surface area contributed by atoms with Gasteiger partial charge in [-0.15, -0.1) is 11.3 Å². The van der Waals surface area contributed by atoms with E-state index in [9.17, 15) is 13.2 Å². The first-order valence-corrected chi connectivity index (χ1v) is 11.1. The number of carbonyl (C=O) groups is 1. The molecule has 1 heterocycles. The zero-order valence-electron chi connectivity index (χ0n) is 13.4. The van der Waals surface area contributed by atoms with E-state index in [2.05, 4.69) is 10.3 Å². The van der Waals surface area contributed by atoms with E-state index in [1.54, 1.807) is 29.6 Å². The number of rotatable bonds is 5. The van der Waals surface area contributed by atoms with Crippen LogP contribution in [-0.2, 0) is 14.6 Å². The van der Waals surface area contributed by atoms with Gasteiger partial charge in [-0.1, -0.05) is 53.0 Å². The van der Waals surface area contributed by atoms with Crippen LogP contribution in [0.4, 0.5) is 5.13 Å². The number of nitrogens with zero attached hydrogens (tertiary/aromatic N) is 1. The molecule has 0 aliphatic carbocycles. The van der Waals surface area contributed by atoms with Crippen molar-refractivity contribution in [2.24, 2.45) is 0 Å². The van der Waals surface area contributed by atoms with E-state index in [0.29, 0.717) is 10.7 Å². The monoisotopic (exact) mass is 460 g/mol. The number of carbonyl (C=O) groups excluding carboxylic acids is 1. The van der Waals surface area contributed by atoms with Crippen molar-refractivity contribution in [1.29, 1.82) is 0 Å². The second kappa shape index (κ2) is 8.16. The molecule has 3 rings (SSSR count). The molecule has 5 nitrogen and oxygen atoms in total. The number of hydrogen-bond donors (Lipinski definition) is 1.